The predicted octanol–water partition coefficient (Wildman–Crippen LogP) is 2.15. The van der Waals surface area contributed by atoms with Gasteiger partial charge in [0.15, 0.2) is 5.84 Å². The molecule has 0 aromatic heterocycles. The molecule has 0 spiro atoms. The lowest BCUT2D eigenvalue weighted by atomic mass is 10.1. The molecule has 4 N–H and O–H groups in total. The largest absolute Gasteiger partial charge is 0.409 e. The first-order valence-corrected chi connectivity index (χ1v) is 7.56. The van der Waals surface area contributed by atoms with E-state index in [9.17, 15) is 9.46 Å². The van der Waals surface area contributed by atoms with E-state index in [1.54, 1.807) is 0 Å². The summed E-state index contributed by atoms with van der Waals surface area (Å²) in [6.07, 6.45) is 3.53. The van der Waals surface area contributed by atoms with Crippen LogP contribution in [-0.2, 0) is 9.09 Å². The number of nitrogens with zero attached hydrogens (tertiary/aromatic N) is 1. The molecule has 0 aliphatic carbocycles. The summed E-state index contributed by atoms with van der Waals surface area (Å²) < 4.78 is 16.2. The highest BCUT2D eigenvalue weighted by Crippen LogP contribution is 2.41. The van der Waals surface area contributed by atoms with Crippen LogP contribution in [0.2, 0.25) is 0 Å². The van der Waals surface area contributed by atoms with Gasteiger partial charge in [-0.25, -0.2) is 0 Å². The summed E-state index contributed by atoms with van der Waals surface area (Å²) in [6.45, 7) is 4.55. The lowest BCUT2D eigenvalue weighted by Crippen LogP contribution is -2.17. The molecule has 0 saturated heterocycles. The van der Waals surface area contributed by atoms with Gasteiger partial charge in [0.05, 0.1) is 6.61 Å². The molecule has 1 atom stereocenters. The maximum atomic E-state index is 11.4. The summed E-state index contributed by atoms with van der Waals surface area (Å²) in [5.74, 6) is 0.385. The standard InChI is InChI=1S/C10H23N2O4P/c1-9(2)6-4-3-5-7-16-17(14,15)8-10(11)12-13/h9,13H,3-8H2,1-2H3,(H2,11,12)(H,14,15). The minimum Gasteiger partial charge on any atom is -0.409 e. The summed E-state index contributed by atoms with van der Waals surface area (Å²) >= 11 is 0. The smallest absolute Gasteiger partial charge is 0.335 e. The number of oxime groups is 1. The molecule has 0 amide bonds. The SMILES string of the molecule is CC(C)CCCCCOP(=O)(O)CC(N)=NO. The Morgan fingerprint density at radius 3 is 2.59 bits per heavy atom. The molecule has 0 bridgehead atoms. The Hall–Kier alpha value is -0.580. The molecule has 7 heteroatoms. The average Bonchev–Trinajstić information content (AvgIpc) is 2.22. The van der Waals surface area contributed by atoms with Crippen LogP contribution < -0.4 is 5.73 Å². The Morgan fingerprint density at radius 2 is 2.06 bits per heavy atom. The van der Waals surface area contributed by atoms with Gasteiger partial charge < -0.3 is 20.4 Å². The molecule has 17 heavy (non-hydrogen) atoms. The molecule has 0 aliphatic heterocycles. The van der Waals surface area contributed by atoms with Gasteiger partial charge >= 0.3 is 7.60 Å². The minimum absolute atomic E-state index is 0.227. The van der Waals surface area contributed by atoms with Crippen LogP contribution in [0.1, 0.15) is 39.5 Å². The van der Waals surface area contributed by atoms with E-state index in [2.05, 4.69) is 19.0 Å². The van der Waals surface area contributed by atoms with Crippen molar-refractivity contribution in [2.24, 2.45) is 16.8 Å². The molecule has 0 radical (unpaired) electrons. The Bertz CT molecular complexity index is 281. The van der Waals surface area contributed by atoms with Gasteiger partial charge in [-0.05, 0) is 12.3 Å². The topological polar surface area (TPSA) is 105 Å². The van der Waals surface area contributed by atoms with Crippen molar-refractivity contribution in [3.63, 3.8) is 0 Å². The van der Waals surface area contributed by atoms with Gasteiger partial charge in [-0.2, -0.15) is 0 Å². The van der Waals surface area contributed by atoms with Gasteiger partial charge in [0.2, 0.25) is 0 Å². The maximum absolute atomic E-state index is 11.4. The number of rotatable bonds is 9. The van der Waals surface area contributed by atoms with Crippen molar-refractivity contribution in [2.75, 3.05) is 12.8 Å². The van der Waals surface area contributed by atoms with Gasteiger partial charge in [-0.1, -0.05) is 38.3 Å². The van der Waals surface area contributed by atoms with E-state index in [0.717, 1.165) is 25.7 Å². The second-order valence-electron chi connectivity index (χ2n) is 4.46. The quantitative estimate of drug-likeness (QED) is 0.148. The van der Waals surface area contributed by atoms with Gasteiger partial charge in [-0.3, -0.25) is 4.57 Å². The van der Waals surface area contributed by atoms with E-state index in [0.29, 0.717) is 5.92 Å². The lowest BCUT2D eigenvalue weighted by Gasteiger charge is -2.11. The molecule has 0 heterocycles. The molecule has 0 saturated carbocycles. The molecule has 0 rings (SSSR count). The normalized spacial score (nSPS) is 16.1. The zero-order valence-corrected chi connectivity index (χ0v) is 11.4. The maximum Gasteiger partial charge on any atom is 0.335 e. The van der Waals surface area contributed by atoms with Crippen LogP contribution >= 0.6 is 7.60 Å². The first kappa shape index (κ1) is 16.4. The summed E-state index contributed by atoms with van der Waals surface area (Å²) in [7, 11) is -3.75. The van der Waals surface area contributed by atoms with Gasteiger partial charge in [-0.15, -0.1) is 0 Å². The molecule has 0 fully saturated rings. The molecule has 102 valence electrons. The van der Waals surface area contributed by atoms with E-state index >= 15 is 0 Å². The summed E-state index contributed by atoms with van der Waals surface area (Å²) in [6, 6.07) is 0. The van der Waals surface area contributed by atoms with Crippen molar-refractivity contribution >= 4 is 13.4 Å². The number of hydrogen-bond donors (Lipinski definition) is 3. The molecular weight excluding hydrogens is 243 g/mol. The van der Waals surface area contributed by atoms with Crippen molar-refractivity contribution in [3.05, 3.63) is 0 Å². The average molecular weight is 266 g/mol. The van der Waals surface area contributed by atoms with Crippen LogP contribution in [0.25, 0.3) is 0 Å². The highest BCUT2D eigenvalue weighted by molar-refractivity contribution is 7.53. The number of nitrogens with two attached hydrogens (primary N) is 1. The van der Waals surface area contributed by atoms with E-state index in [4.69, 9.17) is 15.5 Å². The molecule has 1 unspecified atom stereocenters. The number of unbranched alkanes of at least 4 members (excludes halogenated alkanes) is 2. The molecular formula is C10H23N2O4P. The monoisotopic (exact) mass is 266 g/mol. The molecule has 0 aliphatic rings. The fourth-order valence-electron chi connectivity index (χ4n) is 1.32. The van der Waals surface area contributed by atoms with Crippen LogP contribution in [-0.4, -0.2) is 28.7 Å². The second kappa shape index (κ2) is 8.50. The third-order valence-electron chi connectivity index (χ3n) is 2.21. The third-order valence-corrected chi connectivity index (χ3v) is 3.52. The minimum atomic E-state index is -3.75. The van der Waals surface area contributed by atoms with Crippen LogP contribution in [0, 0.1) is 5.92 Å². The first-order chi connectivity index (χ1) is 7.87. The number of hydrogen-bond acceptors (Lipinski definition) is 4. The van der Waals surface area contributed by atoms with Crippen LogP contribution in [0.5, 0.6) is 0 Å². The van der Waals surface area contributed by atoms with Gasteiger partial charge in [0.25, 0.3) is 0 Å². The molecule has 0 aromatic rings. The Balaban J connectivity index is 3.63. The highest BCUT2D eigenvalue weighted by atomic mass is 31.2. The Kier molecular flexibility index (Phi) is 8.21. The summed E-state index contributed by atoms with van der Waals surface area (Å²) in [5, 5.41) is 10.9. The summed E-state index contributed by atoms with van der Waals surface area (Å²) in [4.78, 5) is 9.32. The second-order valence-corrected chi connectivity index (χ2v) is 6.31. The predicted molar refractivity (Wildman–Crippen MR) is 67.4 cm³/mol. The Morgan fingerprint density at radius 1 is 1.41 bits per heavy atom. The zero-order chi connectivity index (χ0) is 13.3. The van der Waals surface area contributed by atoms with Crippen LogP contribution in [0.15, 0.2) is 5.16 Å². The lowest BCUT2D eigenvalue weighted by molar-refractivity contribution is 0.254. The van der Waals surface area contributed by atoms with Crippen molar-refractivity contribution in [1.29, 1.82) is 0 Å². The van der Waals surface area contributed by atoms with E-state index in [1.807, 2.05) is 0 Å². The first-order valence-electron chi connectivity index (χ1n) is 5.80. The van der Waals surface area contributed by atoms with Crippen molar-refractivity contribution in [3.8, 4) is 0 Å². The Labute approximate surface area is 102 Å². The van der Waals surface area contributed by atoms with Gasteiger partial charge in [0, 0.05) is 0 Å². The van der Waals surface area contributed by atoms with Gasteiger partial charge in [0.1, 0.15) is 6.16 Å². The van der Waals surface area contributed by atoms with E-state index in [-0.39, 0.29) is 12.4 Å². The van der Waals surface area contributed by atoms with E-state index < -0.39 is 13.8 Å². The van der Waals surface area contributed by atoms with E-state index in [1.165, 1.54) is 0 Å². The zero-order valence-electron chi connectivity index (χ0n) is 10.5. The molecule has 0 aromatic carbocycles. The van der Waals surface area contributed by atoms with Crippen LogP contribution in [0.3, 0.4) is 0 Å². The molecule has 6 nitrogen and oxygen atoms in total. The van der Waals surface area contributed by atoms with Crippen molar-refractivity contribution in [2.45, 2.75) is 39.5 Å². The summed E-state index contributed by atoms with van der Waals surface area (Å²) in [5.41, 5.74) is 5.13. The fourth-order valence-corrected chi connectivity index (χ4v) is 2.30. The third kappa shape index (κ3) is 10.3. The fraction of sp³-hybridized carbons (Fsp3) is 0.900. The number of amidine groups is 1. The van der Waals surface area contributed by atoms with Crippen molar-refractivity contribution in [1.82, 2.24) is 0 Å². The highest BCUT2D eigenvalue weighted by Gasteiger charge is 2.21. The van der Waals surface area contributed by atoms with Crippen molar-refractivity contribution < 1.29 is 19.2 Å². The van der Waals surface area contributed by atoms with Crippen LogP contribution in [0.4, 0.5) is 0 Å².